The molecule has 2 aromatic heterocycles. The largest absolute Gasteiger partial charge is 0.479 e. The number of fused-ring (bicyclic) bond motifs is 3. The van der Waals surface area contributed by atoms with Crippen LogP contribution in [-0.4, -0.2) is 39.0 Å². The Labute approximate surface area is 202 Å². The third-order valence-corrected chi connectivity index (χ3v) is 7.93. The van der Waals surface area contributed by atoms with Gasteiger partial charge >= 0.3 is 0 Å². The molecule has 0 bridgehead atoms. The smallest absolute Gasteiger partial charge is 0.189 e. The zero-order valence-electron chi connectivity index (χ0n) is 19.4. The maximum atomic E-state index is 8.72. The molecule has 0 amide bonds. The van der Waals surface area contributed by atoms with Crippen LogP contribution < -0.4 is 9.64 Å². The highest BCUT2D eigenvalue weighted by Crippen LogP contribution is 2.44. The summed E-state index contributed by atoms with van der Waals surface area (Å²) in [6, 6.07) is 14.7. The summed E-state index contributed by atoms with van der Waals surface area (Å²) < 4.78 is 15.2. The first-order valence-electron chi connectivity index (χ1n) is 11.8. The van der Waals surface area contributed by atoms with Gasteiger partial charge in [-0.25, -0.2) is 9.97 Å². The fourth-order valence-electron chi connectivity index (χ4n) is 5.44. The third kappa shape index (κ3) is 3.69. The van der Waals surface area contributed by atoms with E-state index in [1.807, 2.05) is 30.6 Å². The highest BCUT2D eigenvalue weighted by atomic mass is 32.1. The normalized spacial score (nSPS) is 21.6. The minimum Gasteiger partial charge on any atom is -0.479 e. The first-order chi connectivity index (χ1) is 16.5. The number of hydrogen-bond donors (Lipinski definition) is 0. The molecule has 6 rings (SSSR count). The van der Waals surface area contributed by atoms with Gasteiger partial charge in [0.05, 0.1) is 39.7 Å². The van der Waals surface area contributed by atoms with Crippen LogP contribution >= 0.6 is 11.3 Å². The number of aromatic nitrogens is 3. The molecule has 2 aliphatic rings. The molecule has 1 aliphatic heterocycles. The van der Waals surface area contributed by atoms with Crippen molar-refractivity contribution in [1.82, 2.24) is 14.5 Å². The number of benzene rings is 2. The minimum atomic E-state index is -0.331. The Balaban J connectivity index is 1.27. The van der Waals surface area contributed by atoms with Gasteiger partial charge in [-0.05, 0) is 56.5 Å². The average molecular weight is 474 g/mol. The van der Waals surface area contributed by atoms with Crippen molar-refractivity contribution < 1.29 is 9.47 Å². The molecule has 0 radical (unpaired) electrons. The molecule has 0 N–H and O–H groups in total. The SMILES string of the molecule is CC1(C)O[C@@H]2CCCC[C@H]2N1c1nc2ccc(Cn3cnc4cc(OCC#N)ccc43)cc2s1. The van der Waals surface area contributed by atoms with Gasteiger partial charge < -0.3 is 18.9 Å². The maximum Gasteiger partial charge on any atom is 0.189 e. The summed E-state index contributed by atoms with van der Waals surface area (Å²) in [5.41, 5.74) is 3.80. The van der Waals surface area contributed by atoms with E-state index in [0.29, 0.717) is 17.9 Å². The van der Waals surface area contributed by atoms with Gasteiger partial charge in [-0.15, -0.1) is 0 Å². The van der Waals surface area contributed by atoms with Crippen molar-refractivity contribution in [2.45, 2.75) is 63.9 Å². The lowest BCUT2D eigenvalue weighted by atomic mass is 9.92. The van der Waals surface area contributed by atoms with Gasteiger partial charge in [0.1, 0.15) is 17.5 Å². The van der Waals surface area contributed by atoms with E-state index in [4.69, 9.17) is 19.7 Å². The maximum absolute atomic E-state index is 8.72. The van der Waals surface area contributed by atoms with Crippen molar-refractivity contribution in [3.05, 3.63) is 48.3 Å². The Hall–Kier alpha value is -3.15. The van der Waals surface area contributed by atoms with Crippen LogP contribution in [0.2, 0.25) is 0 Å². The second-order valence-electron chi connectivity index (χ2n) is 9.59. The second kappa shape index (κ2) is 8.26. The van der Waals surface area contributed by atoms with E-state index in [0.717, 1.165) is 34.6 Å². The Morgan fingerprint density at radius 2 is 2.06 bits per heavy atom. The molecule has 2 fully saturated rings. The fourth-order valence-corrected chi connectivity index (χ4v) is 6.66. The minimum absolute atomic E-state index is 0.0329. The summed E-state index contributed by atoms with van der Waals surface area (Å²) in [5.74, 6) is 0.659. The average Bonchev–Trinajstić information content (AvgIpc) is 3.49. The van der Waals surface area contributed by atoms with Crippen molar-refractivity contribution in [1.29, 1.82) is 5.26 Å². The molecule has 2 aromatic carbocycles. The molecule has 174 valence electrons. The molecule has 2 atom stereocenters. The van der Waals surface area contributed by atoms with E-state index in [1.54, 1.807) is 11.3 Å². The number of ether oxygens (including phenoxy) is 2. The molecule has 1 saturated carbocycles. The van der Waals surface area contributed by atoms with Crippen LogP contribution in [0, 0.1) is 11.3 Å². The molecule has 4 aromatic rings. The first-order valence-corrected chi connectivity index (χ1v) is 12.6. The van der Waals surface area contributed by atoms with Crippen LogP contribution in [0.3, 0.4) is 0 Å². The second-order valence-corrected chi connectivity index (χ2v) is 10.6. The van der Waals surface area contributed by atoms with Crippen molar-refractivity contribution >= 4 is 37.7 Å². The van der Waals surface area contributed by atoms with Gasteiger partial charge in [0.15, 0.2) is 11.7 Å². The molecule has 0 unspecified atom stereocenters. The van der Waals surface area contributed by atoms with E-state index in [2.05, 4.69) is 46.5 Å². The van der Waals surface area contributed by atoms with Crippen LogP contribution in [0.1, 0.15) is 45.1 Å². The lowest BCUT2D eigenvalue weighted by Gasteiger charge is -2.34. The van der Waals surface area contributed by atoms with Crippen molar-refractivity contribution in [3.63, 3.8) is 0 Å². The van der Waals surface area contributed by atoms with E-state index < -0.39 is 0 Å². The van der Waals surface area contributed by atoms with E-state index >= 15 is 0 Å². The van der Waals surface area contributed by atoms with Crippen LogP contribution in [0.25, 0.3) is 21.3 Å². The summed E-state index contributed by atoms with van der Waals surface area (Å²) >= 11 is 1.76. The van der Waals surface area contributed by atoms with Crippen molar-refractivity contribution in [2.24, 2.45) is 0 Å². The Kier molecular flexibility index (Phi) is 5.19. The van der Waals surface area contributed by atoms with Crippen LogP contribution in [0.4, 0.5) is 5.13 Å². The van der Waals surface area contributed by atoms with Gasteiger partial charge in [-0.3, -0.25) is 0 Å². The lowest BCUT2D eigenvalue weighted by molar-refractivity contribution is -0.0243. The number of nitrogens with zero attached hydrogens (tertiary/aromatic N) is 5. The van der Waals surface area contributed by atoms with Gasteiger partial charge in [-0.1, -0.05) is 30.2 Å². The zero-order chi connectivity index (χ0) is 23.3. The molecule has 1 aliphatic carbocycles. The standard InChI is InChI=1S/C26H27N5O2S/c1-26(2)31(22-5-3-4-6-23(22)33-26)25-29-19-9-7-17(13-24(19)34-25)15-30-16-28-20-14-18(32-12-11-27)8-10-21(20)30/h7-10,13-14,16,22-23H,3-6,12,15H2,1-2H3/t22-,23-/m1/s1. The Morgan fingerprint density at radius 3 is 2.94 bits per heavy atom. The quantitative estimate of drug-likeness (QED) is 0.382. The van der Waals surface area contributed by atoms with Gasteiger partial charge in [0, 0.05) is 12.6 Å². The van der Waals surface area contributed by atoms with E-state index in [1.165, 1.54) is 29.5 Å². The molecule has 8 heteroatoms. The monoisotopic (exact) mass is 473 g/mol. The van der Waals surface area contributed by atoms with Gasteiger partial charge in [-0.2, -0.15) is 5.26 Å². The third-order valence-electron chi connectivity index (χ3n) is 6.92. The van der Waals surface area contributed by atoms with Crippen LogP contribution in [0.15, 0.2) is 42.7 Å². The summed E-state index contributed by atoms with van der Waals surface area (Å²) in [7, 11) is 0. The number of anilines is 1. The first kappa shape index (κ1) is 21.4. The molecule has 1 saturated heterocycles. The summed E-state index contributed by atoms with van der Waals surface area (Å²) in [6.45, 7) is 5.10. The van der Waals surface area contributed by atoms with E-state index in [9.17, 15) is 0 Å². The highest BCUT2D eigenvalue weighted by Gasteiger charge is 2.49. The number of nitriles is 1. The van der Waals surface area contributed by atoms with Crippen LogP contribution in [-0.2, 0) is 11.3 Å². The Bertz CT molecular complexity index is 1400. The number of rotatable bonds is 5. The van der Waals surface area contributed by atoms with E-state index in [-0.39, 0.29) is 12.3 Å². The predicted molar refractivity (Wildman–Crippen MR) is 133 cm³/mol. The van der Waals surface area contributed by atoms with Gasteiger partial charge in [0.25, 0.3) is 0 Å². The summed E-state index contributed by atoms with van der Waals surface area (Å²) in [4.78, 5) is 12.0. The predicted octanol–water partition coefficient (Wildman–Crippen LogP) is 5.48. The number of thiazole rings is 1. The molecule has 34 heavy (non-hydrogen) atoms. The number of hydrogen-bond acceptors (Lipinski definition) is 7. The molecular weight excluding hydrogens is 446 g/mol. The summed E-state index contributed by atoms with van der Waals surface area (Å²) in [6.07, 6.45) is 7.00. The topological polar surface area (TPSA) is 76.2 Å². The number of imidazole rings is 1. The van der Waals surface area contributed by atoms with Gasteiger partial charge in [0.2, 0.25) is 0 Å². The van der Waals surface area contributed by atoms with Crippen LogP contribution in [0.5, 0.6) is 5.75 Å². The highest BCUT2D eigenvalue weighted by molar-refractivity contribution is 7.22. The summed E-state index contributed by atoms with van der Waals surface area (Å²) in [5, 5.41) is 9.78. The van der Waals surface area contributed by atoms with Crippen molar-refractivity contribution in [2.75, 3.05) is 11.5 Å². The fraction of sp³-hybridized carbons (Fsp3) is 0.423. The Morgan fingerprint density at radius 1 is 1.18 bits per heavy atom. The lowest BCUT2D eigenvalue weighted by Crippen LogP contribution is -2.45. The zero-order valence-corrected chi connectivity index (χ0v) is 20.2. The molecule has 0 spiro atoms. The molecule has 7 nitrogen and oxygen atoms in total. The van der Waals surface area contributed by atoms with Crippen molar-refractivity contribution in [3.8, 4) is 11.8 Å². The molecule has 3 heterocycles. The molecular formula is C26H27N5O2S.